The Hall–Kier alpha value is -0.770. The molecule has 118 valence electrons. The first kappa shape index (κ1) is 17.3. The molecule has 0 atom stereocenters. The van der Waals surface area contributed by atoms with Crippen LogP contribution in [0, 0.1) is 5.41 Å². The standard InChI is InChI=1S/C16H32N2O2/c1-14(2,3)20-13(19)18-16(9-7-6-8-10-16)15(4,5)11-12-17/h6-12,17H2,1-5H3,(H,18,19). The maximum atomic E-state index is 12.2. The van der Waals surface area contributed by atoms with E-state index in [4.69, 9.17) is 10.5 Å². The van der Waals surface area contributed by atoms with E-state index in [1.54, 1.807) is 0 Å². The van der Waals surface area contributed by atoms with E-state index in [2.05, 4.69) is 19.2 Å². The molecular weight excluding hydrogens is 252 g/mol. The van der Waals surface area contributed by atoms with Crippen molar-refractivity contribution in [3.63, 3.8) is 0 Å². The van der Waals surface area contributed by atoms with Crippen molar-refractivity contribution in [2.45, 2.75) is 84.3 Å². The zero-order valence-electron chi connectivity index (χ0n) is 13.8. The fourth-order valence-corrected chi connectivity index (χ4v) is 3.23. The molecule has 1 aliphatic rings. The fraction of sp³-hybridized carbons (Fsp3) is 0.938. The van der Waals surface area contributed by atoms with Crippen LogP contribution in [0.1, 0.15) is 73.1 Å². The summed E-state index contributed by atoms with van der Waals surface area (Å²) in [6, 6.07) is 0. The highest BCUT2D eigenvalue weighted by atomic mass is 16.6. The third kappa shape index (κ3) is 4.37. The number of rotatable bonds is 4. The van der Waals surface area contributed by atoms with E-state index in [1.165, 1.54) is 6.42 Å². The SMILES string of the molecule is CC(C)(C)OC(=O)NC1(C(C)(C)CCN)CCCCC1. The third-order valence-electron chi connectivity index (χ3n) is 4.51. The van der Waals surface area contributed by atoms with Gasteiger partial charge in [0.15, 0.2) is 0 Å². The molecule has 0 aromatic rings. The predicted molar refractivity (Wildman–Crippen MR) is 82.6 cm³/mol. The van der Waals surface area contributed by atoms with E-state index in [0.29, 0.717) is 6.54 Å². The van der Waals surface area contributed by atoms with Crippen LogP contribution in [0.25, 0.3) is 0 Å². The molecule has 0 unspecified atom stereocenters. The van der Waals surface area contributed by atoms with Gasteiger partial charge in [0.1, 0.15) is 5.60 Å². The van der Waals surface area contributed by atoms with Crippen LogP contribution in [-0.4, -0.2) is 23.8 Å². The number of ether oxygens (including phenoxy) is 1. The predicted octanol–water partition coefficient (Wildman–Crippen LogP) is 3.59. The highest BCUT2D eigenvalue weighted by Gasteiger charge is 2.46. The minimum Gasteiger partial charge on any atom is -0.444 e. The van der Waals surface area contributed by atoms with Gasteiger partial charge in [-0.3, -0.25) is 0 Å². The Balaban J connectivity index is 2.86. The number of carbonyl (C=O) groups excluding carboxylic acids is 1. The van der Waals surface area contributed by atoms with Crippen molar-refractivity contribution >= 4 is 6.09 Å². The summed E-state index contributed by atoms with van der Waals surface area (Å²) in [5.41, 5.74) is 5.11. The van der Waals surface area contributed by atoms with Crippen molar-refractivity contribution in [1.82, 2.24) is 5.32 Å². The van der Waals surface area contributed by atoms with Gasteiger partial charge in [-0.2, -0.15) is 0 Å². The van der Waals surface area contributed by atoms with Crippen LogP contribution >= 0.6 is 0 Å². The zero-order chi connectivity index (χ0) is 15.4. The highest BCUT2D eigenvalue weighted by molar-refractivity contribution is 5.69. The molecule has 0 aromatic carbocycles. The molecule has 1 amide bonds. The van der Waals surface area contributed by atoms with E-state index in [-0.39, 0.29) is 17.0 Å². The van der Waals surface area contributed by atoms with Crippen LogP contribution in [0.3, 0.4) is 0 Å². The first-order valence-corrected chi connectivity index (χ1v) is 7.83. The molecule has 0 bridgehead atoms. The van der Waals surface area contributed by atoms with E-state index in [0.717, 1.165) is 32.1 Å². The van der Waals surface area contributed by atoms with Crippen LogP contribution in [0.15, 0.2) is 0 Å². The van der Waals surface area contributed by atoms with Gasteiger partial charge in [-0.15, -0.1) is 0 Å². The van der Waals surface area contributed by atoms with Crippen molar-refractivity contribution < 1.29 is 9.53 Å². The topological polar surface area (TPSA) is 64.3 Å². The molecule has 20 heavy (non-hydrogen) atoms. The summed E-state index contributed by atoms with van der Waals surface area (Å²) < 4.78 is 5.46. The lowest BCUT2D eigenvalue weighted by molar-refractivity contribution is 0.0187. The molecule has 4 heteroatoms. The molecule has 0 saturated heterocycles. The summed E-state index contributed by atoms with van der Waals surface area (Å²) in [7, 11) is 0. The van der Waals surface area contributed by atoms with Crippen molar-refractivity contribution in [2.75, 3.05) is 6.54 Å². The Labute approximate surface area is 123 Å². The number of hydrogen-bond acceptors (Lipinski definition) is 3. The highest BCUT2D eigenvalue weighted by Crippen LogP contribution is 2.44. The van der Waals surface area contributed by atoms with E-state index >= 15 is 0 Å². The van der Waals surface area contributed by atoms with Crippen LogP contribution in [0.5, 0.6) is 0 Å². The normalized spacial score (nSPS) is 19.5. The van der Waals surface area contributed by atoms with Gasteiger partial charge in [0.2, 0.25) is 0 Å². The summed E-state index contributed by atoms with van der Waals surface area (Å²) in [6.07, 6.45) is 6.19. The molecule has 0 radical (unpaired) electrons. The fourth-order valence-electron chi connectivity index (χ4n) is 3.23. The van der Waals surface area contributed by atoms with Gasteiger partial charge in [0.25, 0.3) is 0 Å². The molecule has 1 fully saturated rings. The second kappa shape index (κ2) is 6.33. The molecule has 3 N–H and O–H groups in total. The molecule has 0 heterocycles. The van der Waals surface area contributed by atoms with Crippen molar-refractivity contribution in [3.05, 3.63) is 0 Å². The largest absolute Gasteiger partial charge is 0.444 e. The van der Waals surface area contributed by atoms with Crippen LogP contribution in [-0.2, 0) is 4.74 Å². The Morgan fingerprint density at radius 2 is 1.70 bits per heavy atom. The maximum absolute atomic E-state index is 12.2. The number of alkyl carbamates (subject to hydrolysis) is 1. The van der Waals surface area contributed by atoms with Crippen LogP contribution in [0.2, 0.25) is 0 Å². The van der Waals surface area contributed by atoms with Gasteiger partial charge in [0, 0.05) is 5.54 Å². The van der Waals surface area contributed by atoms with E-state index < -0.39 is 5.60 Å². The summed E-state index contributed by atoms with van der Waals surface area (Å²) in [5.74, 6) is 0. The van der Waals surface area contributed by atoms with E-state index in [9.17, 15) is 4.79 Å². The summed E-state index contributed by atoms with van der Waals surface area (Å²) >= 11 is 0. The monoisotopic (exact) mass is 284 g/mol. The van der Waals surface area contributed by atoms with Gasteiger partial charge >= 0.3 is 6.09 Å². The molecular formula is C16H32N2O2. The van der Waals surface area contributed by atoms with Crippen molar-refractivity contribution in [3.8, 4) is 0 Å². The second-order valence-corrected chi connectivity index (χ2v) is 7.69. The molecule has 1 aliphatic carbocycles. The third-order valence-corrected chi connectivity index (χ3v) is 4.51. The smallest absolute Gasteiger partial charge is 0.408 e. The Bertz CT molecular complexity index is 326. The lowest BCUT2D eigenvalue weighted by Gasteiger charge is -2.49. The number of hydrogen-bond donors (Lipinski definition) is 2. The Morgan fingerprint density at radius 3 is 2.15 bits per heavy atom. The second-order valence-electron chi connectivity index (χ2n) is 7.69. The molecule has 0 aliphatic heterocycles. The van der Waals surface area contributed by atoms with Gasteiger partial charge in [0.05, 0.1) is 0 Å². The summed E-state index contributed by atoms with van der Waals surface area (Å²) in [4.78, 5) is 12.2. The number of amides is 1. The average Bonchev–Trinajstić information content (AvgIpc) is 2.27. The average molecular weight is 284 g/mol. The van der Waals surface area contributed by atoms with Crippen molar-refractivity contribution in [1.29, 1.82) is 0 Å². The van der Waals surface area contributed by atoms with Gasteiger partial charge in [-0.25, -0.2) is 4.79 Å². The van der Waals surface area contributed by atoms with Gasteiger partial charge in [-0.1, -0.05) is 33.1 Å². The Kier molecular flexibility index (Phi) is 5.47. The Morgan fingerprint density at radius 1 is 1.15 bits per heavy atom. The van der Waals surface area contributed by atoms with Crippen molar-refractivity contribution in [2.24, 2.45) is 11.1 Å². The minimum absolute atomic E-state index is 0.0148. The summed E-state index contributed by atoms with van der Waals surface area (Å²) in [5, 5.41) is 3.20. The molecule has 1 saturated carbocycles. The zero-order valence-corrected chi connectivity index (χ0v) is 13.8. The number of nitrogens with two attached hydrogens (primary N) is 1. The first-order valence-electron chi connectivity index (χ1n) is 7.83. The molecule has 4 nitrogen and oxygen atoms in total. The lowest BCUT2D eigenvalue weighted by Crippen LogP contribution is -2.60. The number of carbonyl (C=O) groups is 1. The summed E-state index contributed by atoms with van der Waals surface area (Å²) in [6.45, 7) is 10.7. The minimum atomic E-state index is -0.460. The van der Waals surface area contributed by atoms with E-state index in [1.807, 2.05) is 20.8 Å². The van der Waals surface area contributed by atoms with Crippen LogP contribution < -0.4 is 11.1 Å². The van der Waals surface area contributed by atoms with Crippen LogP contribution in [0.4, 0.5) is 4.79 Å². The van der Waals surface area contributed by atoms with Gasteiger partial charge < -0.3 is 15.8 Å². The molecule has 1 rings (SSSR count). The quantitative estimate of drug-likeness (QED) is 0.829. The number of nitrogens with one attached hydrogen (secondary N) is 1. The first-order chi connectivity index (χ1) is 9.12. The molecule has 0 aromatic heterocycles. The van der Waals surface area contributed by atoms with Gasteiger partial charge in [-0.05, 0) is 52.0 Å². The molecule has 0 spiro atoms. The maximum Gasteiger partial charge on any atom is 0.408 e. The lowest BCUT2D eigenvalue weighted by atomic mass is 9.63.